The van der Waals surface area contributed by atoms with Crippen molar-refractivity contribution >= 4 is 28.5 Å². The average Bonchev–Trinajstić information content (AvgIpc) is 2.82. The molecule has 1 aromatic rings. The van der Waals surface area contributed by atoms with Crippen LogP contribution in [-0.2, 0) is 6.54 Å². The van der Waals surface area contributed by atoms with E-state index in [9.17, 15) is 0 Å². The predicted octanol–water partition coefficient (Wildman–Crippen LogP) is 1.54. The lowest BCUT2D eigenvalue weighted by molar-refractivity contribution is 0.118. The SMILES string of the molecule is CC(C(N)=S)N1CCN(Cc2ccsc2)CC1. The first kappa shape index (κ1) is 13.0. The number of rotatable bonds is 4. The van der Waals surface area contributed by atoms with Crippen LogP contribution in [0.1, 0.15) is 12.5 Å². The molecular formula is C12H19N3S2. The highest BCUT2D eigenvalue weighted by Gasteiger charge is 2.22. The first-order valence-corrected chi connectivity index (χ1v) is 7.28. The third-order valence-electron chi connectivity index (χ3n) is 3.35. The first-order valence-electron chi connectivity index (χ1n) is 5.93. The van der Waals surface area contributed by atoms with E-state index in [1.54, 1.807) is 11.3 Å². The van der Waals surface area contributed by atoms with Crippen LogP contribution in [0.25, 0.3) is 0 Å². The lowest BCUT2D eigenvalue weighted by Gasteiger charge is -2.37. The van der Waals surface area contributed by atoms with Crippen LogP contribution >= 0.6 is 23.6 Å². The Bertz CT molecular complexity index is 356. The Balaban J connectivity index is 1.80. The molecule has 1 saturated heterocycles. The minimum Gasteiger partial charge on any atom is -0.392 e. The van der Waals surface area contributed by atoms with Gasteiger partial charge in [0, 0.05) is 32.7 Å². The third-order valence-corrected chi connectivity index (χ3v) is 4.43. The van der Waals surface area contributed by atoms with E-state index in [1.807, 2.05) is 0 Å². The molecule has 2 heterocycles. The standard InChI is InChI=1S/C12H19N3S2/c1-10(12(13)16)15-5-3-14(4-6-15)8-11-2-7-17-9-11/h2,7,9-10H,3-6,8H2,1H3,(H2,13,16). The highest BCUT2D eigenvalue weighted by molar-refractivity contribution is 7.80. The van der Waals surface area contributed by atoms with E-state index in [-0.39, 0.29) is 6.04 Å². The van der Waals surface area contributed by atoms with Crippen molar-refractivity contribution < 1.29 is 0 Å². The first-order chi connectivity index (χ1) is 8.16. The molecule has 5 heteroatoms. The van der Waals surface area contributed by atoms with Gasteiger partial charge < -0.3 is 5.73 Å². The Labute approximate surface area is 112 Å². The molecule has 0 bridgehead atoms. The van der Waals surface area contributed by atoms with Crippen LogP contribution in [0.2, 0.25) is 0 Å². The van der Waals surface area contributed by atoms with Gasteiger partial charge in [-0.15, -0.1) is 0 Å². The molecule has 1 aliphatic rings. The molecule has 1 aliphatic heterocycles. The van der Waals surface area contributed by atoms with Gasteiger partial charge in [0.15, 0.2) is 0 Å². The maximum atomic E-state index is 5.69. The molecule has 2 N–H and O–H groups in total. The Morgan fingerprint density at radius 3 is 2.71 bits per heavy atom. The zero-order valence-corrected chi connectivity index (χ0v) is 11.8. The number of thiophene rings is 1. The van der Waals surface area contributed by atoms with Crippen LogP contribution in [0.3, 0.4) is 0 Å². The molecule has 0 aromatic carbocycles. The maximum absolute atomic E-state index is 5.69. The summed E-state index contributed by atoms with van der Waals surface area (Å²) in [5.41, 5.74) is 7.11. The van der Waals surface area contributed by atoms with E-state index < -0.39 is 0 Å². The van der Waals surface area contributed by atoms with Crippen LogP contribution < -0.4 is 5.73 Å². The van der Waals surface area contributed by atoms with Gasteiger partial charge in [0.25, 0.3) is 0 Å². The van der Waals surface area contributed by atoms with Crippen LogP contribution in [0.15, 0.2) is 16.8 Å². The van der Waals surface area contributed by atoms with Gasteiger partial charge in [0.1, 0.15) is 0 Å². The summed E-state index contributed by atoms with van der Waals surface area (Å²) in [4.78, 5) is 5.47. The van der Waals surface area contributed by atoms with Crippen molar-refractivity contribution in [1.29, 1.82) is 0 Å². The summed E-state index contributed by atoms with van der Waals surface area (Å²) in [5.74, 6) is 0. The van der Waals surface area contributed by atoms with Gasteiger partial charge in [-0.05, 0) is 29.3 Å². The van der Waals surface area contributed by atoms with Gasteiger partial charge in [-0.1, -0.05) is 12.2 Å². The van der Waals surface area contributed by atoms with Gasteiger partial charge in [-0.25, -0.2) is 0 Å². The minimum absolute atomic E-state index is 0.230. The molecule has 1 aromatic heterocycles. The molecule has 1 atom stereocenters. The third kappa shape index (κ3) is 3.48. The van der Waals surface area contributed by atoms with Crippen molar-refractivity contribution in [3.63, 3.8) is 0 Å². The summed E-state index contributed by atoms with van der Waals surface area (Å²) in [6.07, 6.45) is 0. The fraction of sp³-hybridized carbons (Fsp3) is 0.583. The normalized spacial score (nSPS) is 20.3. The molecule has 1 fully saturated rings. The Morgan fingerprint density at radius 2 is 2.18 bits per heavy atom. The van der Waals surface area contributed by atoms with Gasteiger partial charge in [0.05, 0.1) is 11.0 Å². The van der Waals surface area contributed by atoms with Crippen LogP contribution in [0.5, 0.6) is 0 Å². The number of thiocarbonyl (C=S) groups is 1. The maximum Gasteiger partial charge on any atom is 0.0899 e. The summed E-state index contributed by atoms with van der Waals surface area (Å²) >= 11 is 6.81. The molecule has 0 radical (unpaired) electrons. The van der Waals surface area contributed by atoms with Crippen LogP contribution in [0.4, 0.5) is 0 Å². The Morgan fingerprint density at radius 1 is 1.47 bits per heavy atom. The Hall–Kier alpha value is -0.490. The zero-order valence-electron chi connectivity index (χ0n) is 10.1. The van der Waals surface area contributed by atoms with E-state index in [2.05, 4.69) is 33.6 Å². The van der Waals surface area contributed by atoms with Crippen LogP contribution in [-0.4, -0.2) is 47.0 Å². The molecule has 94 valence electrons. The molecule has 0 saturated carbocycles. The summed E-state index contributed by atoms with van der Waals surface area (Å²) in [6.45, 7) is 7.48. The summed E-state index contributed by atoms with van der Waals surface area (Å²) in [5, 5.41) is 4.37. The molecule has 1 unspecified atom stereocenters. The second-order valence-corrected chi connectivity index (χ2v) is 5.77. The van der Waals surface area contributed by atoms with Crippen molar-refractivity contribution in [1.82, 2.24) is 9.80 Å². The lowest BCUT2D eigenvalue weighted by atomic mass is 10.2. The van der Waals surface area contributed by atoms with Crippen molar-refractivity contribution in [2.75, 3.05) is 26.2 Å². The molecule has 0 spiro atoms. The van der Waals surface area contributed by atoms with E-state index in [0.717, 1.165) is 32.7 Å². The zero-order chi connectivity index (χ0) is 12.3. The molecule has 17 heavy (non-hydrogen) atoms. The molecule has 3 nitrogen and oxygen atoms in total. The van der Waals surface area contributed by atoms with E-state index in [0.29, 0.717) is 4.99 Å². The summed E-state index contributed by atoms with van der Waals surface area (Å²) in [6, 6.07) is 2.43. The summed E-state index contributed by atoms with van der Waals surface area (Å²) < 4.78 is 0. The summed E-state index contributed by atoms with van der Waals surface area (Å²) in [7, 11) is 0. The van der Waals surface area contributed by atoms with Gasteiger partial charge in [0.2, 0.25) is 0 Å². The van der Waals surface area contributed by atoms with Crippen molar-refractivity contribution in [3.05, 3.63) is 22.4 Å². The fourth-order valence-corrected chi connectivity index (χ4v) is 2.94. The van der Waals surface area contributed by atoms with Gasteiger partial charge in [-0.3, -0.25) is 9.80 Å². The van der Waals surface area contributed by atoms with E-state index >= 15 is 0 Å². The molecule has 0 amide bonds. The Kier molecular flexibility index (Phi) is 4.50. The smallest absolute Gasteiger partial charge is 0.0899 e. The predicted molar refractivity (Wildman–Crippen MR) is 77.4 cm³/mol. The van der Waals surface area contributed by atoms with Crippen LogP contribution in [0, 0.1) is 0 Å². The molecule has 2 rings (SSSR count). The minimum atomic E-state index is 0.230. The van der Waals surface area contributed by atoms with Crippen molar-refractivity contribution in [2.24, 2.45) is 5.73 Å². The number of piperazine rings is 1. The number of nitrogens with zero attached hydrogens (tertiary/aromatic N) is 2. The highest BCUT2D eigenvalue weighted by Crippen LogP contribution is 2.12. The van der Waals surface area contributed by atoms with E-state index in [4.69, 9.17) is 18.0 Å². The molecular weight excluding hydrogens is 250 g/mol. The number of hydrogen-bond acceptors (Lipinski definition) is 4. The van der Waals surface area contributed by atoms with Gasteiger partial charge >= 0.3 is 0 Å². The molecule has 0 aliphatic carbocycles. The quantitative estimate of drug-likeness (QED) is 0.841. The lowest BCUT2D eigenvalue weighted by Crippen LogP contribution is -2.52. The van der Waals surface area contributed by atoms with E-state index in [1.165, 1.54) is 5.56 Å². The second kappa shape index (κ2) is 5.91. The van der Waals surface area contributed by atoms with Gasteiger partial charge in [-0.2, -0.15) is 11.3 Å². The monoisotopic (exact) mass is 269 g/mol. The number of nitrogens with two attached hydrogens (primary N) is 1. The van der Waals surface area contributed by atoms with Crippen molar-refractivity contribution in [2.45, 2.75) is 19.5 Å². The topological polar surface area (TPSA) is 32.5 Å². The second-order valence-electron chi connectivity index (χ2n) is 4.52. The highest BCUT2D eigenvalue weighted by atomic mass is 32.1. The number of hydrogen-bond donors (Lipinski definition) is 1. The largest absolute Gasteiger partial charge is 0.392 e. The fourth-order valence-electron chi connectivity index (χ4n) is 2.13. The average molecular weight is 269 g/mol. The van der Waals surface area contributed by atoms with Crippen molar-refractivity contribution in [3.8, 4) is 0 Å².